The third-order valence-corrected chi connectivity index (χ3v) is 0. The zero-order valence-electron chi connectivity index (χ0n) is 2.94. The van der Waals surface area contributed by atoms with Crippen molar-refractivity contribution in [3.05, 3.63) is 0 Å². The molecule has 0 aromatic carbocycles. The standard InChI is InChI=1S/Ga.2In.2O.Sn.2Zn.11H. The molecule has 2 radical (unpaired) electrons. The van der Waals surface area contributed by atoms with Gasteiger partial charge >= 0.3 is 139 Å². The predicted octanol–water partition coefficient (Wildman–Crippen LogP) is -4.71. The van der Waals surface area contributed by atoms with Gasteiger partial charge in [0.05, 0.1) is 0 Å². The van der Waals surface area contributed by atoms with Crippen LogP contribution < -0.4 is 0 Å². The normalized spacial score (nSPS) is 1.50. The molecule has 0 unspecified atom stereocenters. The Kier molecular flexibility index (Phi) is 345. The second-order valence-corrected chi connectivity index (χ2v) is 0. The summed E-state index contributed by atoms with van der Waals surface area (Å²) in [7, 11) is 0. The zero-order valence-corrected chi connectivity index (χ0v) is 12.9. The molecule has 0 rings (SSSR count). The van der Waals surface area contributed by atoms with Crippen molar-refractivity contribution in [1.82, 2.24) is 0 Å². The van der Waals surface area contributed by atoms with Crippen LogP contribution in [-0.4, -0.2) is 95.4 Å². The molecule has 8 heavy (non-hydrogen) atoms. The average Bonchev–Trinajstić information content (AvgIpc) is 1.50. The molecule has 0 fully saturated rings. The topological polar surface area (TPSA) is 34.1 Å². The van der Waals surface area contributed by atoms with Crippen molar-refractivity contribution in [3.63, 3.8) is 0 Å². The van der Waals surface area contributed by atoms with Crippen LogP contribution in [0.3, 0.4) is 0 Å². The van der Waals surface area contributed by atoms with Crippen molar-refractivity contribution in [2.75, 3.05) is 0 Å². The van der Waals surface area contributed by atoms with Crippen LogP contribution in [0.15, 0.2) is 0 Å². The quantitative estimate of drug-likeness (QED) is 0.266. The molecule has 0 saturated carbocycles. The molecule has 0 aromatic heterocycles. The molecule has 0 amide bonds. The minimum atomic E-state index is 0. The van der Waals surface area contributed by atoms with Gasteiger partial charge in [-0.3, -0.25) is 0 Å². The second kappa shape index (κ2) is 68.4. The van der Waals surface area contributed by atoms with Crippen LogP contribution in [0.1, 0.15) is 0 Å². The molecule has 8 heteroatoms. The zero-order chi connectivity index (χ0) is 4.00. The van der Waals surface area contributed by atoms with Gasteiger partial charge in [0, 0.05) is 0 Å². The van der Waals surface area contributed by atoms with Crippen LogP contribution in [0.5, 0.6) is 0 Å². The Morgan fingerprint density at radius 2 is 0.750 bits per heavy atom. The van der Waals surface area contributed by atoms with Gasteiger partial charge in [-0.25, -0.2) is 0 Å². The van der Waals surface area contributed by atoms with Crippen molar-refractivity contribution < 1.29 is 43.7 Å². The molecule has 0 atom stereocenters. The first-order valence-corrected chi connectivity index (χ1v) is 3.00. The molecular weight excluding hydrogens is 581 g/mol. The summed E-state index contributed by atoms with van der Waals surface area (Å²) in [5.74, 6) is 0. The monoisotopic (exact) mass is 590 g/mol. The maximum atomic E-state index is 8.38. The van der Waals surface area contributed by atoms with Crippen molar-refractivity contribution in [2.45, 2.75) is 0 Å². The Balaban J connectivity index is -0.00000000167. The van der Waals surface area contributed by atoms with Crippen molar-refractivity contribution in [3.8, 4) is 0 Å². The van der Waals surface area contributed by atoms with E-state index in [1.165, 1.54) is 0 Å². The fourth-order valence-electron chi connectivity index (χ4n) is 0. The molecule has 0 aliphatic carbocycles. The summed E-state index contributed by atoms with van der Waals surface area (Å²) < 4.78 is 16.8. The summed E-state index contributed by atoms with van der Waals surface area (Å²) in [6.45, 7) is 0. The maximum absolute atomic E-state index is 8.38. The predicted molar refractivity (Wildman–Crippen MR) is 39.7 cm³/mol. The van der Waals surface area contributed by atoms with E-state index in [1.807, 2.05) is 0 Å². The van der Waals surface area contributed by atoms with Crippen LogP contribution in [0.2, 0.25) is 0 Å². The number of rotatable bonds is 0. The molecule has 40 valence electrons. The van der Waals surface area contributed by atoms with E-state index in [1.54, 1.807) is 0 Å². The second-order valence-electron chi connectivity index (χ2n) is 0. The van der Waals surface area contributed by atoms with Gasteiger partial charge in [-0.2, -0.15) is 0 Å². The molecule has 0 spiro atoms. The molecule has 0 aromatic rings. The van der Waals surface area contributed by atoms with E-state index in [0.717, 1.165) is 0 Å². The van der Waals surface area contributed by atoms with Gasteiger partial charge in [0.15, 0.2) is 0 Å². The van der Waals surface area contributed by atoms with Crippen LogP contribution in [0, 0.1) is 0 Å². The number of hydrogen-bond donors (Lipinski definition) is 0. The van der Waals surface area contributed by atoms with Crippen LogP contribution in [-0.2, 0) is 43.7 Å². The third-order valence-electron chi connectivity index (χ3n) is 0. The Hall–Kier alpha value is 4.02. The molecule has 0 aliphatic rings. The SMILES string of the molecule is [GaH3].[InH3].[InH3].[O]=[Zn].[O]=[Zn].[SnH2]. The van der Waals surface area contributed by atoms with Gasteiger partial charge in [0.25, 0.3) is 0 Å². The summed E-state index contributed by atoms with van der Waals surface area (Å²) in [5, 5.41) is 0. The molecule has 0 bridgehead atoms. The average molecular weight is 592 g/mol. The first-order valence-electron chi connectivity index (χ1n) is 0.577. The Bertz CT molecular complexity index is 20.0. The fourth-order valence-corrected chi connectivity index (χ4v) is 0. The van der Waals surface area contributed by atoms with Crippen LogP contribution in [0.4, 0.5) is 0 Å². The van der Waals surface area contributed by atoms with E-state index in [4.69, 9.17) is 7.15 Å². The van der Waals surface area contributed by atoms with Crippen molar-refractivity contribution in [2.24, 2.45) is 0 Å². The van der Waals surface area contributed by atoms with E-state index in [2.05, 4.69) is 0 Å². The van der Waals surface area contributed by atoms with Gasteiger partial charge in [-0.05, 0) is 0 Å². The fraction of sp³-hybridized carbons (Fsp3) is 0. The Morgan fingerprint density at radius 3 is 0.750 bits per heavy atom. The molecule has 0 N–H and O–H groups in total. The summed E-state index contributed by atoms with van der Waals surface area (Å²) in [6, 6.07) is 0. The first-order chi connectivity index (χ1) is 2.00. The van der Waals surface area contributed by atoms with Gasteiger partial charge in [-0.1, -0.05) is 0 Å². The minimum absolute atomic E-state index is 0. The summed E-state index contributed by atoms with van der Waals surface area (Å²) in [5.41, 5.74) is 0. The van der Waals surface area contributed by atoms with Crippen molar-refractivity contribution in [1.29, 1.82) is 0 Å². The molecule has 0 heterocycles. The number of hydrogen-bond acceptors (Lipinski definition) is 2. The van der Waals surface area contributed by atoms with Crippen LogP contribution >= 0.6 is 0 Å². The van der Waals surface area contributed by atoms with E-state index in [0.29, 0.717) is 0 Å². The third kappa shape index (κ3) is 50.4. The van der Waals surface area contributed by atoms with Gasteiger partial charge in [0.1, 0.15) is 0 Å². The Morgan fingerprint density at radius 1 is 0.750 bits per heavy atom. The molecule has 2 nitrogen and oxygen atoms in total. The van der Waals surface area contributed by atoms with E-state index in [-0.39, 0.29) is 132 Å². The summed E-state index contributed by atoms with van der Waals surface area (Å²) in [4.78, 5) is 0. The van der Waals surface area contributed by atoms with Gasteiger partial charge in [-0.15, -0.1) is 0 Å². The molecule has 0 aliphatic heterocycles. The first kappa shape index (κ1) is 40.3. The van der Waals surface area contributed by atoms with E-state index >= 15 is 0 Å². The van der Waals surface area contributed by atoms with E-state index < -0.39 is 0 Å². The summed E-state index contributed by atoms with van der Waals surface area (Å²) >= 11 is 0.250. The van der Waals surface area contributed by atoms with Gasteiger partial charge < -0.3 is 0 Å². The molecule has 0 saturated heterocycles. The van der Waals surface area contributed by atoms with E-state index in [9.17, 15) is 0 Å². The molecular formula is H11GaIn2O2SnZn2. The van der Waals surface area contributed by atoms with Crippen molar-refractivity contribution >= 4 is 95.4 Å². The van der Waals surface area contributed by atoms with Gasteiger partial charge in [0.2, 0.25) is 0 Å². The summed E-state index contributed by atoms with van der Waals surface area (Å²) in [6.07, 6.45) is 0. The Labute approximate surface area is 136 Å². The van der Waals surface area contributed by atoms with Crippen LogP contribution in [0.25, 0.3) is 0 Å².